The molecule has 0 amide bonds. The van der Waals surface area contributed by atoms with Crippen LogP contribution < -0.4 is 0 Å². The molecule has 0 spiro atoms. The van der Waals surface area contributed by atoms with Gasteiger partial charge in [0.1, 0.15) is 0 Å². The molecule has 0 unspecified atom stereocenters. The second-order valence-corrected chi connectivity index (χ2v) is 5.21. The highest BCUT2D eigenvalue weighted by Gasteiger charge is 2.12. The number of hydrogen-bond acceptors (Lipinski definition) is 4. The molecule has 1 aromatic heterocycles. The first-order chi connectivity index (χ1) is 8.99. The molecule has 5 heteroatoms. The molecule has 98 valence electrons. The number of aryl methyl sites for hydroxylation is 2. The Morgan fingerprint density at radius 2 is 1.68 bits per heavy atom. The molecule has 0 fully saturated rings. The van der Waals surface area contributed by atoms with Gasteiger partial charge in [-0.25, -0.2) is 14.8 Å². The molecular weight excluding hydrogens is 260 g/mol. The summed E-state index contributed by atoms with van der Waals surface area (Å²) in [6, 6.07) is 6.86. The minimum atomic E-state index is -0.941. The number of nitrogens with zero attached hydrogens (tertiary/aromatic N) is 2. The van der Waals surface area contributed by atoms with Crippen LogP contribution in [-0.2, 0) is 0 Å². The zero-order chi connectivity index (χ0) is 14.0. The van der Waals surface area contributed by atoms with Gasteiger partial charge in [0.2, 0.25) is 0 Å². The number of rotatable bonds is 3. The number of carboxylic acids is 1. The summed E-state index contributed by atoms with van der Waals surface area (Å²) in [6.45, 7) is 5.83. The van der Waals surface area contributed by atoms with Gasteiger partial charge in [-0.1, -0.05) is 12.1 Å². The van der Waals surface area contributed by atoms with Crippen molar-refractivity contribution in [3.8, 4) is 0 Å². The van der Waals surface area contributed by atoms with E-state index in [1.807, 2.05) is 26.8 Å². The Bertz CT molecular complexity index is 618. The van der Waals surface area contributed by atoms with E-state index >= 15 is 0 Å². The van der Waals surface area contributed by atoms with Gasteiger partial charge in [-0.05, 0) is 50.2 Å². The topological polar surface area (TPSA) is 63.1 Å². The lowest BCUT2D eigenvalue weighted by atomic mass is 10.2. The molecule has 0 saturated heterocycles. The Balaban J connectivity index is 2.39. The van der Waals surface area contributed by atoms with Crippen molar-refractivity contribution in [2.24, 2.45) is 0 Å². The number of aromatic nitrogens is 2. The number of hydrogen-bond donors (Lipinski definition) is 1. The van der Waals surface area contributed by atoms with Crippen molar-refractivity contribution < 1.29 is 9.90 Å². The van der Waals surface area contributed by atoms with E-state index in [2.05, 4.69) is 9.97 Å². The third kappa shape index (κ3) is 2.93. The Hall–Kier alpha value is -1.88. The SMILES string of the molecule is Cc1nc(Sc2ccccc2C(=O)O)nc(C)c1C. The molecule has 1 N–H and O–H groups in total. The maximum atomic E-state index is 11.1. The van der Waals surface area contributed by atoms with Crippen LogP contribution in [0.4, 0.5) is 0 Å². The van der Waals surface area contributed by atoms with E-state index in [9.17, 15) is 4.79 Å². The van der Waals surface area contributed by atoms with Crippen LogP contribution in [0.25, 0.3) is 0 Å². The summed E-state index contributed by atoms with van der Waals surface area (Å²) in [5.41, 5.74) is 3.17. The van der Waals surface area contributed by atoms with E-state index in [4.69, 9.17) is 5.11 Å². The Morgan fingerprint density at radius 3 is 2.26 bits per heavy atom. The Kier molecular flexibility index (Phi) is 3.85. The molecule has 0 aliphatic carbocycles. The second-order valence-electron chi connectivity index (χ2n) is 4.21. The van der Waals surface area contributed by atoms with Crippen molar-refractivity contribution in [1.29, 1.82) is 0 Å². The van der Waals surface area contributed by atoms with E-state index in [0.717, 1.165) is 17.0 Å². The lowest BCUT2D eigenvalue weighted by molar-refractivity contribution is 0.0693. The fourth-order valence-corrected chi connectivity index (χ4v) is 2.59. The van der Waals surface area contributed by atoms with Crippen molar-refractivity contribution in [2.75, 3.05) is 0 Å². The third-order valence-corrected chi connectivity index (χ3v) is 3.87. The van der Waals surface area contributed by atoms with Crippen molar-refractivity contribution in [2.45, 2.75) is 30.8 Å². The first-order valence-electron chi connectivity index (χ1n) is 5.81. The van der Waals surface area contributed by atoms with Crippen molar-refractivity contribution in [1.82, 2.24) is 9.97 Å². The summed E-state index contributed by atoms with van der Waals surface area (Å²) in [5, 5.41) is 9.72. The van der Waals surface area contributed by atoms with Crippen molar-refractivity contribution >= 4 is 17.7 Å². The summed E-state index contributed by atoms with van der Waals surface area (Å²) < 4.78 is 0. The number of carbonyl (C=O) groups is 1. The Morgan fingerprint density at radius 1 is 1.11 bits per heavy atom. The van der Waals surface area contributed by atoms with Gasteiger partial charge < -0.3 is 5.11 Å². The van der Waals surface area contributed by atoms with Crippen LogP contribution in [-0.4, -0.2) is 21.0 Å². The van der Waals surface area contributed by atoms with Crippen LogP contribution in [0.3, 0.4) is 0 Å². The van der Waals surface area contributed by atoms with Gasteiger partial charge in [0.05, 0.1) is 5.56 Å². The molecule has 4 nitrogen and oxygen atoms in total. The van der Waals surface area contributed by atoms with E-state index in [-0.39, 0.29) is 5.56 Å². The summed E-state index contributed by atoms with van der Waals surface area (Å²) in [5.74, 6) is -0.941. The maximum Gasteiger partial charge on any atom is 0.336 e. The molecule has 0 saturated carbocycles. The fourth-order valence-electron chi connectivity index (χ4n) is 1.62. The number of aromatic carboxylic acids is 1. The second kappa shape index (κ2) is 5.40. The van der Waals surface area contributed by atoms with Crippen LogP contribution in [0.2, 0.25) is 0 Å². The summed E-state index contributed by atoms with van der Waals surface area (Å²) in [6.07, 6.45) is 0. The molecule has 1 aromatic carbocycles. The molecule has 0 aliphatic rings. The number of carboxylic acid groups (broad SMARTS) is 1. The highest BCUT2D eigenvalue weighted by Crippen LogP contribution is 2.28. The van der Waals surface area contributed by atoms with Gasteiger partial charge in [0, 0.05) is 16.3 Å². The monoisotopic (exact) mass is 274 g/mol. The molecule has 2 aromatic rings. The van der Waals surface area contributed by atoms with Crippen LogP contribution in [0, 0.1) is 20.8 Å². The van der Waals surface area contributed by atoms with Gasteiger partial charge in [-0.2, -0.15) is 0 Å². The zero-order valence-corrected chi connectivity index (χ0v) is 11.8. The van der Waals surface area contributed by atoms with E-state index in [0.29, 0.717) is 10.1 Å². The first kappa shape index (κ1) is 13.5. The van der Waals surface area contributed by atoms with Crippen LogP contribution in [0.1, 0.15) is 27.3 Å². The van der Waals surface area contributed by atoms with E-state index < -0.39 is 5.97 Å². The van der Waals surface area contributed by atoms with Crippen molar-refractivity contribution in [3.05, 3.63) is 46.8 Å². The fraction of sp³-hybridized carbons (Fsp3) is 0.214. The quantitative estimate of drug-likeness (QED) is 0.870. The predicted octanol–water partition coefficient (Wildman–Crippen LogP) is 3.25. The van der Waals surface area contributed by atoms with Gasteiger partial charge in [-0.3, -0.25) is 0 Å². The summed E-state index contributed by atoms with van der Waals surface area (Å²) in [7, 11) is 0. The average molecular weight is 274 g/mol. The molecule has 19 heavy (non-hydrogen) atoms. The van der Waals surface area contributed by atoms with Crippen molar-refractivity contribution in [3.63, 3.8) is 0 Å². The van der Waals surface area contributed by atoms with E-state index in [1.165, 1.54) is 11.8 Å². The van der Waals surface area contributed by atoms with Crippen LogP contribution in [0.5, 0.6) is 0 Å². The zero-order valence-electron chi connectivity index (χ0n) is 11.0. The molecule has 1 heterocycles. The smallest absolute Gasteiger partial charge is 0.336 e. The average Bonchev–Trinajstić information content (AvgIpc) is 2.36. The molecule has 0 aliphatic heterocycles. The Labute approximate surface area is 115 Å². The maximum absolute atomic E-state index is 11.1. The minimum absolute atomic E-state index is 0.270. The highest BCUT2D eigenvalue weighted by molar-refractivity contribution is 7.99. The standard InChI is InChI=1S/C14H14N2O2S/c1-8-9(2)15-14(16-10(8)3)19-12-7-5-4-6-11(12)13(17)18/h4-7H,1-3H3,(H,17,18). The lowest BCUT2D eigenvalue weighted by Crippen LogP contribution is -2.01. The molecule has 0 radical (unpaired) electrons. The third-order valence-electron chi connectivity index (χ3n) is 2.93. The largest absolute Gasteiger partial charge is 0.478 e. The minimum Gasteiger partial charge on any atom is -0.478 e. The molecule has 2 rings (SSSR count). The van der Waals surface area contributed by atoms with Gasteiger partial charge in [-0.15, -0.1) is 0 Å². The molecular formula is C14H14N2O2S. The molecule has 0 bridgehead atoms. The van der Waals surface area contributed by atoms with Crippen LogP contribution >= 0.6 is 11.8 Å². The first-order valence-corrected chi connectivity index (χ1v) is 6.62. The lowest BCUT2D eigenvalue weighted by Gasteiger charge is -2.08. The predicted molar refractivity (Wildman–Crippen MR) is 73.8 cm³/mol. The van der Waals surface area contributed by atoms with Gasteiger partial charge >= 0.3 is 5.97 Å². The normalized spacial score (nSPS) is 10.5. The summed E-state index contributed by atoms with van der Waals surface area (Å²) >= 11 is 1.28. The van der Waals surface area contributed by atoms with E-state index in [1.54, 1.807) is 18.2 Å². The highest BCUT2D eigenvalue weighted by atomic mass is 32.2. The van der Waals surface area contributed by atoms with Gasteiger partial charge in [0.15, 0.2) is 5.16 Å². The van der Waals surface area contributed by atoms with Gasteiger partial charge in [0.25, 0.3) is 0 Å². The van der Waals surface area contributed by atoms with Crippen LogP contribution in [0.15, 0.2) is 34.3 Å². The number of benzene rings is 1. The summed E-state index contributed by atoms with van der Waals surface area (Å²) in [4.78, 5) is 20.6. The molecule has 0 atom stereocenters.